The van der Waals surface area contributed by atoms with Crippen LogP contribution in [-0.4, -0.2) is 9.52 Å². The first-order chi connectivity index (χ1) is 8.92. The second kappa shape index (κ2) is 6.97. The second-order valence-electron chi connectivity index (χ2n) is 4.23. The van der Waals surface area contributed by atoms with Crippen molar-refractivity contribution in [2.24, 2.45) is 0 Å². The van der Waals surface area contributed by atoms with Gasteiger partial charge in [0.05, 0.1) is 9.52 Å². The van der Waals surface area contributed by atoms with Gasteiger partial charge in [0.2, 0.25) is 0 Å². The quantitative estimate of drug-likeness (QED) is 0.690. The van der Waals surface area contributed by atoms with Crippen LogP contribution in [0.4, 0.5) is 0 Å². The van der Waals surface area contributed by atoms with Crippen LogP contribution in [0.2, 0.25) is 0 Å². The molecule has 0 aliphatic carbocycles. The maximum Gasteiger partial charge on any atom is 0.0841 e. The van der Waals surface area contributed by atoms with E-state index in [-0.39, 0.29) is 0 Å². The number of hydrogen-bond donors (Lipinski definition) is 0. The Balaban J connectivity index is 2.26. The lowest BCUT2D eigenvalue weighted by Gasteiger charge is -2.15. The van der Waals surface area contributed by atoms with E-state index in [0.717, 1.165) is 15.9 Å². The summed E-state index contributed by atoms with van der Waals surface area (Å²) in [7, 11) is 0.804. The molecule has 0 amide bonds. The molecule has 0 fully saturated rings. The van der Waals surface area contributed by atoms with E-state index in [9.17, 15) is 0 Å². The molecule has 18 heavy (non-hydrogen) atoms. The zero-order valence-corrected chi connectivity index (χ0v) is 11.7. The van der Waals surface area contributed by atoms with Crippen LogP contribution in [0, 0.1) is 0 Å². The van der Waals surface area contributed by atoms with Crippen molar-refractivity contribution in [1.29, 1.82) is 0 Å². The van der Waals surface area contributed by atoms with Crippen molar-refractivity contribution in [2.45, 2.75) is 18.9 Å². The van der Waals surface area contributed by atoms with Gasteiger partial charge in [0, 0.05) is 5.54 Å². The van der Waals surface area contributed by atoms with E-state index in [1.807, 2.05) is 0 Å². The number of hydrogen-bond acceptors (Lipinski definition) is 0. The Morgan fingerprint density at radius 3 is 1.83 bits per heavy atom. The van der Waals surface area contributed by atoms with Crippen molar-refractivity contribution in [3.8, 4) is 0 Å². The fraction of sp³-hybridized carbons (Fsp3) is 0.176. The summed E-state index contributed by atoms with van der Waals surface area (Å²) in [5.74, 6) is 0. The Morgan fingerprint density at radius 1 is 0.889 bits per heavy atom. The van der Waals surface area contributed by atoms with Gasteiger partial charge in [-0.3, -0.25) is 0 Å². The monoisotopic (exact) mass is 250 g/mol. The molecule has 0 saturated carbocycles. The molecular weight excluding hydrogens is 232 g/mol. The molecule has 0 saturated heterocycles. The zero-order valence-electron chi connectivity index (χ0n) is 10.7. The molecule has 0 aromatic heterocycles. The number of rotatable bonds is 5. The maximum atomic E-state index is 2.32. The minimum absolute atomic E-state index is 0.496. The molecule has 0 unspecified atom stereocenters. The van der Waals surface area contributed by atoms with E-state index in [2.05, 4.69) is 79.4 Å². The summed E-state index contributed by atoms with van der Waals surface area (Å²) >= 11 is 0. The average molecular weight is 250 g/mol. The Morgan fingerprint density at radius 2 is 1.39 bits per heavy atom. The van der Waals surface area contributed by atoms with Gasteiger partial charge in [0.15, 0.2) is 0 Å². The molecule has 2 radical (unpaired) electrons. The highest BCUT2D eigenvalue weighted by atomic mass is 28.2. The van der Waals surface area contributed by atoms with Crippen molar-refractivity contribution in [2.75, 3.05) is 0 Å². The molecule has 1 heteroatoms. The molecule has 0 atom stereocenters. The Bertz CT molecular complexity index is 434. The lowest BCUT2D eigenvalue weighted by atomic mass is 10.0. The topological polar surface area (TPSA) is 0 Å². The smallest absolute Gasteiger partial charge is 0.0841 e. The summed E-state index contributed by atoms with van der Waals surface area (Å²) in [6.45, 7) is 2.18. The highest BCUT2D eigenvalue weighted by molar-refractivity contribution is 6.45. The standard InChI is InChI=1S/C17H18Si/c1-2-3-14-18-17(15-10-6-4-7-11-15)16-12-8-5-9-13-16/h3-14,17H,2H2,1H3. The Kier molecular flexibility index (Phi) is 4.97. The SMILES string of the molecule is CCC=C[Si]C(c1ccccc1)c1ccccc1. The molecule has 0 aliphatic rings. The minimum atomic E-state index is 0.496. The fourth-order valence-corrected chi connectivity index (χ4v) is 3.29. The van der Waals surface area contributed by atoms with Crippen LogP contribution in [0.15, 0.2) is 72.4 Å². The highest BCUT2D eigenvalue weighted by Crippen LogP contribution is 2.23. The van der Waals surface area contributed by atoms with Gasteiger partial charge in [-0.15, -0.1) is 5.70 Å². The molecule has 0 spiro atoms. The molecule has 0 N–H and O–H groups in total. The third kappa shape index (κ3) is 3.44. The lowest BCUT2D eigenvalue weighted by Crippen LogP contribution is -2.08. The van der Waals surface area contributed by atoms with Gasteiger partial charge in [-0.1, -0.05) is 73.7 Å². The van der Waals surface area contributed by atoms with Crippen LogP contribution < -0.4 is 0 Å². The summed E-state index contributed by atoms with van der Waals surface area (Å²) < 4.78 is 0. The highest BCUT2D eigenvalue weighted by Gasteiger charge is 2.12. The molecule has 2 rings (SSSR count). The first-order valence-corrected chi connectivity index (χ1v) is 7.58. The van der Waals surface area contributed by atoms with E-state index >= 15 is 0 Å². The van der Waals surface area contributed by atoms with E-state index in [0.29, 0.717) is 5.54 Å². The number of benzene rings is 2. The normalized spacial score (nSPS) is 11.2. The molecule has 0 aliphatic heterocycles. The van der Waals surface area contributed by atoms with Gasteiger partial charge in [-0.05, 0) is 17.5 Å². The number of allylic oxidation sites excluding steroid dienone is 1. The molecular formula is C17H18Si. The molecule has 2 aromatic carbocycles. The van der Waals surface area contributed by atoms with E-state index in [1.165, 1.54) is 11.1 Å². The predicted octanol–water partition coefficient (Wildman–Crippen LogP) is 4.40. The maximum absolute atomic E-state index is 2.32. The summed E-state index contributed by atoms with van der Waals surface area (Å²) in [6, 6.07) is 21.6. The fourth-order valence-electron chi connectivity index (χ4n) is 1.96. The van der Waals surface area contributed by atoms with Crippen LogP contribution in [0.5, 0.6) is 0 Å². The largest absolute Gasteiger partial charge is 0.102 e. The zero-order chi connectivity index (χ0) is 12.6. The molecule has 0 heterocycles. The van der Waals surface area contributed by atoms with Gasteiger partial charge in [0.1, 0.15) is 0 Å². The predicted molar refractivity (Wildman–Crippen MR) is 79.9 cm³/mol. The second-order valence-corrected chi connectivity index (χ2v) is 5.48. The van der Waals surface area contributed by atoms with Gasteiger partial charge in [-0.2, -0.15) is 0 Å². The molecule has 0 nitrogen and oxygen atoms in total. The molecule has 2 aromatic rings. The summed E-state index contributed by atoms with van der Waals surface area (Å²) in [6.07, 6.45) is 3.38. The summed E-state index contributed by atoms with van der Waals surface area (Å²) in [5.41, 5.74) is 5.63. The first-order valence-electron chi connectivity index (χ1n) is 6.42. The van der Waals surface area contributed by atoms with Crippen LogP contribution >= 0.6 is 0 Å². The van der Waals surface area contributed by atoms with Crippen molar-refractivity contribution < 1.29 is 0 Å². The lowest BCUT2D eigenvalue weighted by molar-refractivity contribution is 1.13. The van der Waals surface area contributed by atoms with Crippen LogP contribution in [0.1, 0.15) is 30.0 Å². The van der Waals surface area contributed by atoms with Crippen LogP contribution in [0.25, 0.3) is 0 Å². The van der Waals surface area contributed by atoms with Crippen LogP contribution in [0.3, 0.4) is 0 Å². The molecule has 90 valence electrons. The van der Waals surface area contributed by atoms with Crippen molar-refractivity contribution in [1.82, 2.24) is 0 Å². The van der Waals surface area contributed by atoms with Gasteiger partial charge in [0.25, 0.3) is 0 Å². The first kappa shape index (κ1) is 12.8. The summed E-state index contributed by atoms with van der Waals surface area (Å²) in [5, 5.41) is 0. The minimum Gasteiger partial charge on any atom is -0.102 e. The molecule has 0 bridgehead atoms. The van der Waals surface area contributed by atoms with E-state index in [4.69, 9.17) is 0 Å². The third-order valence-electron chi connectivity index (χ3n) is 2.88. The summed E-state index contributed by atoms with van der Waals surface area (Å²) in [4.78, 5) is 0. The Hall–Kier alpha value is -1.60. The Labute approximate surface area is 112 Å². The van der Waals surface area contributed by atoms with Gasteiger partial charge >= 0.3 is 0 Å². The van der Waals surface area contributed by atoms with E-state index < -0.39 is 0 Å². The van der Waals surface area contributed by atoms with Crippen LogP contribution in [-0.2, 0) is 0 Å². The van der Waals surface area contributed by atoms with Crippen molar-refractivity contribution in [3.05, 3.63) is 83.6 Å². The van der Waals surface area contributed by atoms with Crippen molar-refractivity contribution in [3.63, 3.8) is 0 Å². The average Bonchev–Trinajstić information content (AvgIpc) is 2.46. The van der Waals surface area contributed by atoms with Gasteiger partial charge < -0.3 is 0 Å². The van der Waals surface area contributed by atoms with E-state index in [1.54, 1.807) is 0 Å². The van der Waals surface area contributed by atoms with Crippen molar-refractivity contribution >= 4 is 9.52 Å². The van der Waals surface area contributed by atoms with Gasteiger partial charge in [-0.25, -0.2) is 0 Å². The third-order valence-corrected chi connectivity index (χ3v) is 4.31.